The molecule has 0 radical (unpaired) electrons. The third kappa shape index (κ3) is 5.05. The minimum absolute atomic E-state index is 0.0216. The van der Waals surface area contributed by atoms with Crippen LogP contribution in [0.1, 0.15) is 39.9 Å². The zero-order chi connectivity index (χ0) is 26.3. The number of carbonyl (C=O) groups is 1. The van der Waals surface area contributed by atoms with E-state index < -0.39 is 22.0 Å². The molecular formula is C28H23Cl2NO5S. The van der Waals surface area contributed by atoms with Gasteiger partial charge in [-0.3, -0.25) is 0 Å². The average molecular weight is 556 g/mol. The highest BCUT2D eigenvalue weighted by molar-refractivity contribution is 7.89. The van der Waals surface area contributed by atoms with Gasteiger partial charge >= 0.3 is 5.97 Å². The van der Waals surface area contributed by atoms with Crippen LogP contribution in [0.25, 0.3) is 10.8 Å². The molecule has 0 spiro atoms. The molecule has 0 amide bonds. The Labute approximate surface area is 225 Å². The molecule has 1 heterocycles. The van der Waals surface area contributed by atoms with Crippen molar-refractivity contribution in [2.45, 2.75) is 23.3 Å². The van der Waals surface area contributed by atoms with Crippen LogP contribution in [0.4, 0.5) is 0 Å². The highest BCUT2D eigenvalue weighted by Gasteiger charge is 2.41. The number of halogens is 2. The third-order valence-corrected chi connectivity index (χ3v) is 9.10. The smallest absolute Gasteiger partial charge is 0.335 e. The SMILES string of the molecule is COc1ccc2cc(C3CC(c4cc(Cl)cc(Cl)c4)CN3S(=O)(=O)c3ccc(C(=O)O)cc3)ccc2c1. The lowest BCUT2D eigenvalue weighted by Crippen LogP contribution is -2.31. The van der Waals surface area contributed by atoms with Gasteiger partial charge in [0.1, 0.15) is 5.75 Å². The van der Waals surface area contributed by atoms with Gasteiger partial charge in [-0.15, -0.1) is 0 Å². The third-order valence-electron chi connectivity index (χ3n) is 6.78. The minimum atomic E-state index is -3.95. The van der Waals surface area contributed by atoms with Crippen LogP contribution in [0.15, 0.2) is 83.8 Å². The highest BCUT2D eigenvalue weighted by Crippen LogP contribution is 2.45. The van der Waals surface area contributed by atoms with Crippen LogP contribution in [0, 0.1) is 0 Å². The number of methoxy groups -OCH3 is 1. The van der Waals surface area contributed by atoms with E-state index in [0.29, 0.717) is 16.5 Å². The van der Waals surface area contributed by atoms with E-state index in [0.717, 1.165) is 27.6 Å². The Kier molecular flexibility index (Phi) is 6.89. The van der Waals surface area contributed by atoms with Crippen molar-refractivity contribution in [2.24, 2.45) is 0 Å². The van der Waals surface area contributed by atoms with Crippen molar-refractivity contribution in [2.75, 3.05) is 13.7 Å². The van der Waals surface area contributed by atoms with Crippen LogP contribution in [0.3, 0.4) is 0 Å². The second-order valence-corrected chi connectivity index (χ2v) is 11.8. The normalized spacial score (nSPS) is 18.2. The van der Waals surface area contributed by atoms with Gasteiger partial charge < -0.3 is 9.84 Å². The summed E-state index contributed by atoms with van der Waals surface area (Å²) in [5, 5.41) is 12.1. The largest absolute Gasteiger partial charge is 0.497 e. The van der Waals surface area contributed by atoms with Gasteiger partial charge in [-0.25, -0.2) is 13.2 Å². The van der Waals surface area contributed by atoms with Crippen LogP contribution in [0.5, 0.6) is 5.75 Å². The van der Waals surface area contributed by atoms with E-state index in [1.165, 1.54) is 28.6 Å². The predicted octanol–water partition coefficient (Wildman–Crippen LogP) is 6.77. The first-order valence-electron chi connectivity index (χ1n) is 11.5. The fourth-order valence-corrected chi connectivity index (χ4v) is 7.12. The molecule has 4 aromatic rings. The Bertz CT molecular complexity index is 1580. The molecule has 2 atom stereocenters. The van der Waals surface area contributed by atoms with Crippen molar-refractivity contribution in [3.8, 4) is 5.75 Å². The number of ether oxygens (including phenoxy) is 1. The summed E-state index contributed by atoms with van der Waals surface area (Å²) in [5.74, 6) is -0.512. The maximum atomic E-state index is 13.9. The number of sulfonamides is 1. The molecule has 0 bridgehead atoms. The number of hydrogen-bond donors (Lipinski definition) is 1. The van der Waals surface area contributed by atoms with E-state index in [2.05, 4.69) is 0 Å². The molecule has 1 fully saturated rings. The number of carboxylic acids is 1. The minimum Gasteiger partial charge on any atom is -0.497 e. The summed E-state index contributed by atoms with van der Waals surface area (Å²) in [6.45, 7) is 0.227. The van der Waals surface area contributed by atoms with Gasteiger partial charge in [0, 0.05) is 16.6 Å². The molecule has 6 nitrogen and oxygen atoms in total. The molecule has 9 heteroatoms. The molecule has 0 saturated carbocycles. The van der Waals surface area contributed by atoms with Crippen LogP contribution in [0.2, 0.25) is 10.0 Å². The molecule has 0 aliphatic carbocycles. The molecule has 190 valence electrons. The van der Waals surface area contributed by atoms with E-state index in [1.54, 1.807) is 13.2 Å². The molecule has 5 rings (SSSR count). The predicted molar refractivity (Wildman–Crippen MR) is 144 cm³/mol. The lowest BCUT2D eigenvalue weighted by atomic mass is 9.93. The number of rotatable bonds is 6. The Morgan fingerprint density at radius 3 is 2.19 bits per heavy atom. The summed E-state index contributed by atoms with van der Waals surface area (Å²) in [5.41, 5.74) is 1.75. The van der Waals surface area contributed by atoms with Crippen LogP contribution < -0.4 is 4.74 Å². The quantitative estimate of drug-likeness (QED) is 0.283. The molecular weight excluding hydrogens is 533 g/mol. The Morgan fingerprint density at radius 1 is 0.892 bits per heavy atom. The van der Waals surface area contributed by atoms with Gasteiger partial charge in [-0.05, 0) is 94.9 Å². The van der Waals surface area contributed by atoms with Crippen LogP contribution in [-0.4, -0.2) is 37.5 Å². The second-order valence-electron chi connectivity index (χ2n) is 9.03. The van der Waals surface area contributed by atoms with Gasteiger partial charge in [0.15, 0.2) is 0 Å². The average Bonchev–Trinajstić information content (AvgIpc) is 3.34. The molecule has 37 heavy (non-hydrogen) atoms. The standard InChI is InChI=1S/C28H23Cl2NO5S/c1-36-25-7-4-18-10-20(3-2-19(18)13-25)27-14-22(21-11-23(29)15-24(30)12-21)16-31(27)37(34,35)26-8-5-17(6-9-26)28(32)33/h2-13,15,22,27H,14,16H2,1H3,(H,32,33). The molecule has 4 aromatic carbocycles. The van der Waals surface area contributed by atoms with E-state index in [9.17, 15) is 18.3 Å². The van der Waals surface area contributed by atoms with E-state index in [1.807, 2.05) is 48.5 Å². The van der Waals surface area contributed by atoms with Gasteiger partial charge in [0.2, 0.25) is 10.0 Å². The number of carboxylic acid groups (broad SMARTS) is 1. The summed E-state index contributed by atoms with van der Waals surface area (Å²) < 4.78 is 34.5. The van der Waals surface area contributed by atoms with Gasteiger partial charge in [-0.2, -0.15) is 4.31 Å². The summed E-state index contributed by atoms with van der Waals surface area (Å²) in [6, 6.07) is 21.8. The van der Waals surface area contributed by atoms with Gasteiger partial charge in [0.05, 0.1) is 23.6 Å². The van der Waals surface area contributed by atoms with Crippen LogP contribution >= 0.6 is 23.2 Å². The summed E-state index contributed by atoms with van der Waals surface area (Å²) in [6.07, 6.45) is 0.533. The molecule has 1 saturated heterocycles. The first-order chi connectivity index (χ1) is 17.7. The topological polar surface area (TPSA) is 83.9 Å². The van der Waals surface area contributed by atoms with Gasteiger partial charge in [0.25, 0.3) is 0 Å². The van der Waals surface area contributed by atoms with Crippen molar-refractivity contribution in [3.05, 3.63) is 106 Å². The Morgan fingerprint density at radius 2 is 1.54 bits per heavy atom. The first kappa shape index (κ1) is 25.5. The maximum Gasteiger partial charge on any atom is 0.335 e. The number of nitrogens with zero attached hydrogens (tertiary/aromatic N) is 1. The Hall–Kier alpha value is -3.10. The maximum absolute atomic E-state index is 13.9. The van der Waals surface area contributed by atoms with Gasteiger partial charge in [-0.1, -0.05) is 41.4 Å². The van der Waals surface area contributed by atoms with Crippen molar-refractivity contribution < 1.29 is 23.1 Å². The first-order valence-corrected chi connectivity index (χ1v) is 13.7. The summed E-state index contributed by atoms with van der Waals surface area (Å²) in [7, 11) is -2.34. The molecule has 1 aliphatic heterocycles. The van der Waals surface area contributed by atoms with E-state index in [4.69, 9.17) is 27.9 Å². The second kappa shape index (κ2) is 9.99. The van der Waals surface area contributed by atoms with Crippen molar-refractivity contribution >= 4 is 50.0 Å². The summed E-state index contributed by atoms with van der Waals surface area (Å²) >= 11 is 12.5. The number of aromatic carboxylic acids is 1. The molecule has 0 aromatic heterocycles. The number of benzene rings is 4. The molecule has 1 aliphatic rings. The summed E-state index contributed by atoms with van der Waals surface area (Å²) in [4.78, 5) is 11.3. The van der Waals surface area contributed by atoms with Crippen molar-refractivity contribution in [1.82, 2.24) is 4.31 Å². The number of fused-ring (bicyclic) bond motifs is 1. The van der Waals surface area contributed by atoms with Crippen molar-refractivity contribution in [1.29, 1.82) is 0 Å². The zero-order valence-corrected chi connectivity index (χ0v) is 22.1. The zero-order valence-electron chi connectivity index (χ0n) is 19.8. The molecule has 2 unspecified atom stereocenters. The fraction of sp³-hybridized carbons (Fsp3) is 0.179. The van der Waals surface area contributed by atoms with Crippen LogP contribution in [-0.2, 0) is 10.0 Å². The van der Waals surface area contributed by atoms with Crippen molar-refractivity contribution in [3.63, 3.8) is 0 Å². The lowest BCUT2D eigenvalue weighted by molar-refractivity contribution is 0.0696. The monoisotopic (exact) mass is 555 g/mol. The lowest BCUT2D eigenvalue weighted by Gasteiger charge is -2.25. The van der Waals surface area contributed by atoms with E-state index in [-0.39, 0.29) is 22.9 Å². The number of hydrogen-bond acceptors (Lipinski definition) is 4. The highest BCUT2D eigenvalue weighted by atomic mass is 35.5. The van der Waals surface area contributed by atoms with E-state index >= 15 is 0 Å². The molecule has 1 N–H and O–H groups in total. The Balaban J connectivity index is 1.58. The fourth-order valence-electron chi connectivity index (χ4n) is 4.91.